The van der Waals surface area contributed by atoms with Gasteiger partial charge < -0.3 is 0 Å². The van der Waals surface area contributed by atoms with Crippen molar-refractivity contribution >= 4 is 39.1 Å². The van der Waals surface area contributed by atoms with E-state index in [4.69, 9.17) is 0 Å². The van der Waals surface area contributed by atoms with E-state index in [-0.39, 0.29) is 11.5 Å². The monoisotopic (exact) mass is 446 g/mol. The molecule has 0 aliphatic carbocycles. The molecule has 1 atom stereocenters. The van der Waals surface area contributed by atoms with Crippen LogP contribution in [0.5, 0.6) is 0 Å². The molecule has 0 aliphatic heterocycles. The van der Waals surface area contributed by atoms with Crippen molar-refractivity contribution in [3.05, 3.63) is 93.1 Å². The maximum atomic E-state index is 13.3. The van der Waals surface area contributed by atoms with E-state index in [1.54, 1.807) is 16.3 Å². The van der Waals surface area contributed by atoms with Gasteiger partial charge in [0.05, 0.1) is 5.52 Å². The fourth-order valence-electron chi connectivity index (χ4n) is 3.75. The van der Waals surface area contributed by atoms with Crippen LogP contribution in [-0.2, 0) is 12.3 Å². The molecule has 0 bridgehead atoms. The molecule has 156 valence electrons. The summed E-state index contributed by atoms with van der Waals surface area (Å²) in [6.07, 6.45) is 0. The number of rotatable bonds is 6. The zero-order valence-corrected chi connectivity index (χ0v) is 19.0. The molecule has 0 saturated carbocycles. The van der Waals surface area contributed by atoms with E-state index >= 15 is 0 Å². The Balaban J connectivity index is 1.55. The second-order valence-electron chi connectivity index (χ2n) is 7.75. The van der Waals surface area contributed by atoms with Gasteiger partial charge in [0.1, 0.15) is 4.70 Å². The summed E-state index contributed by atoms with van der Waals surface area (Å²) >= 11 is 3.12. The van der Waals surface area contributed by atoms with E-state index in [1.807, 2.05) is 34.0 Å². The number of aromatic nitrogens is 4. The summed E-state index contributed by atoms with van der Waals surface area (Å²) in [4.78, 5) is 13.3. The number of nitrogens with zero attached hydrogens (tertiary/aromatic N) is 4. The molecule has 0 N–H and O–H groups in total. The van der Waals surface area contributed by atoms with Gasteiger partial charge in [-0.25, -0.2) is 0 Å². The Morgan fingerprint density at radius 3 is 2.58 bits per heavy atom. The van der Waals surface area contributed by atoms with Crippen LogP contribution in [0.2, 0.25) is 0 Å². The Morgan fingerprint density at radius 2 is 1.81 bits per heavy atom. The highest BCUT2D eigenvalue weighted by Crippen LogP contribution is 2.27. The smallest absolute Gasteiger partial charge is 0.272 e. The minimum atomic E-state index is 0.00256. The maximum Gasteiger partial charge on any atom is 0.272 e. The summed E-state index contributed by atoms with van der Waals surface area (Å²) in [6, 6.07) is 20.8. The molecule has 5 nitrogen and oxygen atoms in total. The van der Waals surface area contributed by atoms with Gasteiger partial charge in [-0.05, 0) is 35.4 Å². The summed E-state index contributed by atoms with van der Waals surface area (Å²) in [7, 11) is 0. The topological polar surface area (TPSA) is 52.2 Å². The number of aryl methyl sites for hydroxylation is 1. The lowest BCUT2D eigenvalue weighted by molar-refractivity contribution is 0.588. The first kappa shape index (κ1) is 20.0. The van der Waals surface area contributed by atoms with Crippen molar-refractivity contribution in [1.82, 2.24) is 19.2 Å². The lowest BCUT2D eigenvalue weighted by atomic mass is 10.0. The van der Waals surface area contributed by atoms with Gasteiger partial charge in [0.2, 0.25) is 5.78 Å². The van der Waals surface area contributed by atoms with Crippen LogP contribution in [0.3, 0.4) is 0 Å². The molecule has 5 aromatic rings. The van der Waals surface area contributed by atoms with E-state index in [9.17, 15) is 4.79 Å². The summed E-state index contributed by atoms with van der Waals surface area (Å²) in [5.41, 5.74) is 4.57. The molecule has 0 aliphatic rings. The van der Waals surface area contributed by atoms with E-state index in [0.29, 0.717) is 12.3 Å². The van der Waals surface area contributed by atoms with Crippen molar-refractivity contribution < 1.29 is 0 Å². The molecule has 0 fully saturated rings. The van der Waals surface area contributed by atoms with E-state index in [2.05, 4.69) is 60.4 Å². The van der Waals surface area contributed by atoms with E-state index in [0.717, 1.165) is 21.1 Å². The zero-order chi connectivity index (χ0) is 21.4. The Morgan fingerprint density at radius 1 is 1.03 bits per heavy atom. The predicted octanol–water partition coefficient (Wildman–Crippen LogP) is 5.51. The predicted molar refractivity (Wildman–Crippen MR) is 128 cm³/mol. The Labute approximate surface area is 188 Å². The SMILES string of the molecule is Cc1ccc(CSc2nnc3n(CC(C)c4ccccc4)c(=O)c4sccc4n23)cc1. The third-order valence-electron chi connectivity index (χ3n) is 5.50. The van der Waals surface area contributed by atoms with Crippen LogP contribution in [-0.4, -0.2) is 19.2 Å². The molecule has 3 heterocycles. The van der Waals surface area contributed by atoms with Gasteiger partial charge in [-0.3, -0.25) is 13.8 Å². The highest BCUT2D eigenvalue weighted by atomic mass is 32.2. The average molecular weight is 447 g/mol. The third kappa shape index (κ3) is 3.79. The fourth-order valence-corrected chi connectivity index (χ4v) is 5.47. The quantitative estimate of drug-likeness (QED) is 0.323. The fraction of sp³-hybridized carbons (Fsp3) is 0.208. The molecule has 2 aromatic carbocycles. The van der Waals surface area contributed by atoms with Gasteiger partial charge in [-0.2, -0.15) is 0 Å². The van der Waals surface area contributed by atoms with Gasteiger partial charge in [0, 0.05) is 12.3 Å². The first-order valence-corrected chi connectivity index (χ1v) is 12.1. The van der Waals surface area contributed by atoms with Crippen molar-refractivity contribution in [2.45, 2.75) is 37.2 Å². The van der Waals surface area contributed by atoms with Crippen LogP contribution in [0.25, 0.3) is 16.0 Å². The van der Waals surface area contributed by atoms with Crippen LogP contribution in [0.15, 0.2) is 76.0 Å². The molecule has 31 heavy (non-hydrogen) atoms. The number of benzene rings is 2. The molecule has 5 rings (SSSR count). The van der Waals surface area contributed by atoms with Crippen molar-refractivity contribution in [1.29, 1.82) is 0 Å². The number of fused-ring (bicyclic) bond motifs is 3. The molecule has 0 radical (unpaired) electrons. The number of hydrogen-bond donors (Lipinski definition) is 0. The zero-order valence-electron chi connectivity index (χ0n) is 17.4. The Kier molecular flexibility index (Phi) is 5.38. The van der Waals surface area contributed by atoms with E-state index < -0.39 is 0 Å². The molecule has 0 saturated heterocycles. The summed E-state index contributed by atoms with van der Waals surface area (Å²) in [5.74, 6) is 1.58. The average Bonchev–Trinajstić information content (AvgIpc) is 3.44. The maximum absolute atomic E-state index is 13.3. The van der Waals surface area contributed by atoms with Crippen molar-refractivity contribution in [3.63, 3.8) is 0 Å². The third-order valence-corrected chi connectivity index (χ3v) is 7.39. The largest absolute Gasteiger partial charge is 0.275 e. The van der Waals surface area contributed by atoms with Crippen LogP contribution >= 0.6 is 23.1 Å². The van der Waals surface area contributed by atoms with Crippen molar-refractivity contribution in [3.8, 4) is 0 Å². The van der Waals surface area contributed by atoms with Crippen LogP contribution in [0.1, 0.15) is 29.5 Å². The molecule has 3 aromatic heterocycles. The van der Waals surface area contributed by atoms with Gasteiger partial charge in [-0.1, -0.05) is 78.8 Å². The van der Waals surface area contributed by atoms with Gasteiger partial charge in [0.25, 0.3) is 5.56 Å². The highest BCUT2D eigenvalue weighted by molar-refractivity contribution is 7.98. The van der Waals surface area contributed by atoms with Crippen molar-refractivity contribution in [2.75, 3.05) is 0 Å². The minimum absolute atomic E-state index is 0.00256. The molecule has 0 amide bonds. The first-order valence-electron chi connectivity index (χ1n) is 10.2. The second kappa shape index (κ2) is 8.32. The van der Waals surface area contributed by atoms with E-state index in [1.165, 1.54) is 28.0 Å². The molecule has 0 spiro atoms. The normalized spacial score (nSPS) is 12.6. The van der Waals surface area contributed by atoms with Gasteiger partial charge in [-0.15, -0.1) is 21.5 Å². The number of thiophene rings is 1. The van der Waals surface area contributed by atoms with Gasteiger partial charge >= 0.3 is 0 Å². The van der Waals surface area contributed by atoms with Gasteiger partial charge in [0.15, 0.2) is 5.16 Å². The standard InChI is InChI=1S/C24H22N4OS2/c1-16-8-10-18(11-9-16)15-31-24-26-25-23-27(14-17(2)19-6-4-3-5-7-19)22(29)21-20(28(23)24)12-13-30-21/h3-13,17H,14-15H2,1-2H3. The molecule has 7 heteroatoms. The summed E-state index contributed by atoms with van der Waals surface area (Å²) < 4.78 is 4.55. The van der Waals surface area contributed by atoms with Crippen LogP contribution in [0.4, 0.5) is 0 Å². The lowest BCUT2D eigenvalue weighted by Gasteiger charge is -2.15. The van der Waals surface area contributed by atoms with Crippen LogP contribution in [0, 0.1) is 6.92 Å². The summed E-state index contributed by atoms with van der Waals surface area (Å²) in [6.45, 7) is 4.78. The lowest BCUT2D eigenvalue weighted by Crippen LogP contribution is -2.24. The second-order valence-corrected chi connectivity index (χ2v) is 9.61. The van der Waals surface area contributed by atoms with Crippen LogP contribution < -0.4 is 5.56 Å². The molecular formula is C24H22N4OS2. The number of hydrogen-bond acceptors (Lipinski definition) is 5. The first-order chi connectivity index (χ1) is 15.1. The molecule has 1 unspecified atom stereocenters. The summed E-state index contributed by atoms with van der Waals surface area (Å²) in [5, 5.41) is 11.7. The van der Waals surface area contributed by atoms with Crippen molar-refractivity contribution in [2.24, 2.45) is 0 Å². The molecular weight excluding hydrogens is 424 g/mol. The Bertz CT molecular complexity index is 1400. The minimum Gasteiger partial charge on any atom is -0.275 e. The highest BCUT2D eigenvalue weighted by Gasteiger charge is 2.19. The number of thioether (sulfide) groups is 1. The Hall–Kier alpha value is -2.90.